The molecule has 2 heterocycles. The van der Waals surface area contributed by atoms with Gasteiger partial charge >= 0.3 is 0 Å². The molecule has 1 aliphatic heterocycles. The van der Waals surface area contributed by atoms with Crippen LogP contribution >= 0.6 is 0 Å². The van der Waals surface area contributed by atoms with E-state index in [9.17, 15) is 14.4 Å². The van der Waals surface area contributed by atoms with Crippen LogP contribution in [0.5, 0.6) is 0 Å². The zero-order chi connectivity index (χ0) is 16.1. The summed E-state index contributed by atoms with van der Waals surface area (Å²) in [6.07, 6.45) is 3.17. The Morgan fingerprint density at radius 1 is 1.27 bits per heavy atom. The maximum atomic E-state index is 12.2. The Hall–Kier alpha value is -2.15. The summed E-state index contributed by atoms with van der Waals surface area (Å²) in [5.41, 5.74) is 0.342. The third-order valence-electron chi connectivity index (χ3n) is 3.92. The highest BCUT2D eigenvalue weighted by Crippen LogP contribution is 2.10. The molecule has 0 unspecified atom stereocenters. The van der Waals surface area contributed by atoms with Crippen molar-refractivity contribution < 1.29 is 9.59 Å². The van der Waals surface area contributed by atoms with Gasteiger partial charge in [0.15, 0.2) is 0 Å². The van der Waals surface area contributed by atoms with Gasteiger partial charge in [0.2, 0.25) is 11.5 Å². The van der Waals surface area contributed by atoms with Gasteiger partial charge in [-0.2, -0.15) is 0 Å². The maximum Gasteiger partial charge on any atom is 0.252 e. The first-order valence-electron chi connectivity index (χ1n) is 7.40. The first-order chi connectivity index (χ1) is 10.5. The third kappa shape index (κ3) is 4.17. The predicted molar refractivity (Wildman–Crippen MR) is 82.7 cm³/mol. The molecule has 22 heavy (non-hydrogen) atoms. The highest BCUT2D eigenvalue weighted by Gasteiger charge is 2.22. The van der Waals surface area contributed by atoms with Crippen molar-refractivity contribution >= 4 is 11.8 Å². The summed E-state index contributed by atoms with van der Waals surface area (Å²) in [6, 6.07) is 3.03. The summed E-state index contributed by atoms with van der Waals surface area (Å²) in [5, 5.41) is 5.60. The van der Waals surface area contributed by atoms with Crippen LogP contribution in [0.15, 0.2) is 23.1 Å². The number of piperidine rings is 1. The van der Waals surface area contributed by atoms with E-state index in [4.69, 9.17) is 0 Å². The minimum Gasteiger partial charge on any atom is -0.358 e. The fourth-order valence-electron chi connectivity index (χ4n) is 2.51. The molecule has 1 saturated heterocycles. The number of hydrogen-bond acceptors (Lipinski definition) is 4. The number of carbonyl (C=O) groups excluding carboxylic acids is 2. The molecule has 0 atom stereocenters. The van der Waals surface area contributed by atoms with E-state index >= 15 is 0 Å². The SMILES string of the molecule is CNC(=O)CN1CCC(NC(=O)c2ccc(=O)n(C)c2)CC1. The monoisotopic (exact) mass is 306 g/mol. The third-order valence-corrected chi connectivity index (χ3v) is 3.92. The summed E-state index contributed by atoms with van der Waals surface area (Å²) in [5.74, 6) is -0.159. The van der Waals surface area contributed by atoms with Gasteiger partial charge in [0.05, 0.1) is 12.1 Å². The van der Waals surface area contributed by atoms with Crippen LogP contribution in [0.2, 0.25) is 0 Å². The van der Waals surface area contributed by atoms with Crippen molar-refractivity contribution in [3.8, 4) is 0 Å². The molecule has 0 aliphatic carbocycles. The predicted octanol–water partition coefficient (Wildman–Crippen LogP) is -0.674. The molecule has 1 aromatic heterocycles. The van der Waals surface area contributed by atoms with Crippen molar-refractivity contribution in [2.24, 2.45) is 7.05 Å². The molecule has 2 amide bonds. The molecule has 120 valence electrons. The van der Waals surface area contributed by atoms with Gasteiger partial charge in [-0.05, 0) is 18.9 Å². The highest BCUT2D eigenvalue weighted by atomic mass is 16.2. The van der Waals surface area contributed by atoms with E-state index < -0.39 is 0 Å². The largest absolute Gasteiger partial charge is 0.358 e. The number of amides is 2. The van der Waals surface area contributed by atoms with Crippen molar-refractivity contribution in [2.45, 2.75) is 18.9 Å². The normalized spacial score (nSPS) is 16.3. The lowest BCUT2D eigenvalue weighted by molar-refractivity contribution is -0.122. The zero-order valence-corrected chi connectivity index (χ0v) is 13.0. The minimum absolute atomic E-state index is 0.00712. The van der Waals surface area contributed by atoms with Crippen LogP contribution in [0.1, 0.15) is 23.2 Å². The van der Waals surface area contributed by atoms with Gasteiger partial charge in [-0.3, -0.25) is 19.3 Å². The molecule has 0 spiro atoms. The Bertz CT molecular complexity index is 603. The van der Waals surface area contributed by atoms with Crippen LogP contribution in [-0.2, 0) is 11.8 Å². The van der Waals surface area contributed by atoms with Crippen LogP contribution in [-0.4, -0.2) is 54.0 Å². The molecule has 0 aromatic carbocycles. The Morgan fingerprint density at radius 2 is 1.95 bits per heavy atom. The van der Waals surface area contributed by atoms with Gasteiger partial charge < -0.3 is 15.2 Å². The molecule has 7 nitrogen and oxygen atoms in total. The van der Waals surface area contributed by atoms with Gasteiger partial charge in [-0.1, -0.05) is 0 Å². The van der Waals surface area contributed by atoms with Crippen molar-refractivity contribution in [3.05, 3.63) is 34.2 Å². The van der Waals surface area contributed by atoms with Crippen LogP contribution in [0.4, 0.5) is 0 Å². The second kappa shape index (κ2) is 7.22. The molecule has 2 N–H and O–H groups in total. The molecular formula is C15H22N4O3. The lowest BCUT2D eigenvalue weighted by Crippen LogP contribution is -2.47. The van der Waals surface area contributed by atoms with Crippen molar-refractivity contribution in [1.29, 1.82) is 0 Å². The first-order valence-corrected chi connectivity index (χ1v) is 7.40. The van der Waals surface area contributed by atoms with E-state index in [1.54, 1.807) is 26.4 Å². The quantitative estimate of drug-likeness (QED) is 0.772. The average molecular weight is 306 g/mol. The van der Waals surface area contributed by atoms with Gasteiger partial charge in [0.1, 0.15) is 0 Å². The van der Waals surface area contributed by atoms with Gasteiger partial charge in [-0.25, -0.2) is 0 Å². The summed E-state index contributed by atoms with van der Waals surface area (Å²) < 4.78 is 1.39. The molecule has 0 radical (unpaired) electrons. The van der Waals surface area contributed by atoms with E-state index in [0.717, 1.165) is 25.9 Å². The van der Waals surface area contributed by atoms with Crippen molar-refractivity contribution in [1.82, 2.24) is 20.1 Å². The Kier molecular flexibility index (Phi) is 5.32. The number of pyridine rings is 1. The number of rotatable bonds is 4. The Balaban J connectivity index is 1.85. The Labute approximate surface area is 129 Å². The van der Waals surface area contributed by atoms with Crippen molar-refractivity contribution in [3.63, 3.8) is 0 Å². The number of likely N-dealkylation sites (N-methyl/N-ethyl adjacent to an activating group) is 1. The molecule has 2 rings (SSSR count). The number of carbonyl (C=O) groups is 2. The molecule has 0 bridgehead atoms. The number of aromatic nitrogens is 1. The lowest BCUT2D eigenvalue weighted by Gasteiger charge is -2.31. The molecule has 7 heteroatoms. The standard InChI is InChI=1S/C15H22N4O3/c1-16-13(20)10-19-7-5-12(6-8-19)17-15(22)11-3-4-14(21)18(2)9-11/h3-4,9,12H,5-8,10H2,1-2H3,(H,16,20)(H,17,22). The fraction of sp³-hybridized carbons (Fsp3) is 0.533. The number of nitrogens with one attached hydrogen (secondary N) is 2. The van der Waals surface area contributed by atoms with E-state index in [1.165, 1.54) is 10.6 Å². The summed E-state index contributed by atoms with van der Waals surface area (Å²) in [6.45, 7) is 1.97. The second-order valence-electron chi connectivity index (χ2n) is 5.56. The smallest absolute Gasteiger partial charge is 0.252 e. The molecular weight excluding hydrogens is 284 g/mol. The Morgan fingerprint density at radius 3 is 2.55 bits per heavy atom. The maximum absolute atomic E-state index is 12.2. The number of hydrogen-bond donors (Lipinski definition) is 2. The van der Waals surface area contributed by atoms with Crippen LogP contribution in [0.3, 0.4) is 0 Å². The van der Waals surface area contributed by atoms with E-state index in [0.29, 0.717) is 12.1 Å². The van der Waals surface area contributed by atoms with E-state index in [2.05, 4.69) is 15.5 Å². The van der Waals surface area contributed by atoms with E-state index in [-0.39, 0.29) is 23.4 Å². The fourth-order valence-corrected chi connectivity index (χ4v) is 2.51. The number of nitrogens with zero attached hydrogens (tertiary/aromatic N) is 2. The first kappa shape index (κ1) is 16.2. The summed E-state index contributed by atoms with van der Waals surface area (Å²) in [4.78, 5) is 36.9. The number of likely N-dealkylation sites (tertiary alicyclic amines) is 1. The van der Waals surface area contributed by atoms with Gasteiger partial charge in [0.25, 0.3) is 5.91 Å². The van der Waals surface area contributed by atoms with Crippen LogP contribution in [0, 0.1) is 0 Å². The lowest BCUT2D eigenvalue weighted by atomic mass is 10.0. The minimum atomic E-state index is -0.166. The van der Waals surface area contributed by atoms with Gasteiger partial charge in [-0.15, -0.1) is 0 Å². The number of aryl methyl sites for hydroxylation is 1. The topological polar surface area (TPSA) is 83.4 Å². The van der Waals surface area contributed by atoms with E-state index in [1.807, 2.05) is 0 Å². The second-order valence-corrected chi connectivity index (χ2v) is 5.56. The van der Waals surface area contributed by atoms with Gasteiger partial charge in [0, 0.05) is 45.5 Å². The average Bonchev–Trinajstić information content (AvgIpc) is 2.51. The van der Waals surface area contributed by atoms with Crippen LogP contribution < -0.4 is 16.2 Å². The molecule has 1 aliphatic rings. The zero-order valence-electron chi connectivity index (χ0n) is 13.0. The molecule has 0 saturated carbocycles. The summed E-state index contributed by atoms with van der Waals surface area (Å²) in [7, 11) is 3.25. The molecule has 1 fully saturated rings. The highest BCUT2D eigenvalue weighted by molar-refractivity contribution is 5.94. The molecule has 1 aromatic rings. The van der Waals surface area contributed by atoms with Crippen molar-refractivity contribution in [2.75, 3.05) is 26.7 Å². The summed E-state index contributed by atoms with van der Waals surface area (Å²) >= 11 is 0. The van der Waals surface area contributed by atoms with Crippen LogP contribution in [0.25, 0.3) is 0 Å².